The number of nitrogens with zero attached hydrogens (tertiary/aromatic N) is 1. The van der Waals surface area contributed by atoms with Crippen molar-refractivity contribution in [3.63, 3.8) is 0 Å². The molecule has 0 saturated heterocycles. The van der Waals surface area contributed by atoms with Crippen LogP contribution in [0.2, 0.25) is 0 Å². The Morgan fingerprint density at radius 2 is 1.85 bits per heavy atom. The molecule has 1 saturated carbocycles. The molecule has 20 heavy (non-hydrogen) atoms. The lowest BCUT2D eigenvalue weighted by Gasteiger charge is -2.36. The molecule has 110 valence electrons. The van der Waals surface area contributed by atoms with Gasteiger partial charge in [-0.1, -0.05) is 38.0 Å². The minimum absolute atomic E-state index is 0.358. The quantitative estimate of drug-likeness (QED) is 0.833. The lowest BCUT2D eigenvalue weighted by atomic mass is 9.86. The Hall–Kier alpha value is -1.09. The van der Waals surface area contributed by atoms with Crippen molar-refractivity contribution in [1.29, 1.82) is 0 Å². The zero-order valence-corrected chi connectivity index (χ0v) is 13.6. The van der Waals surface area contributed by atoms with Crippen LogP contribution < -0.4 is 10.2 Å². The van der Waals surface area contributed by atoms with Crippen molar-refractivity contribution in [1.82, 2.24) is 5.32 Å². The summed E-state index contributed by atoms with van der Waals surface area (Å²) in [5, 5.41) is 4.47. The molecule has 0 heterocycles. The van der Waals surface area contributed by atoms with Crippen LogP contribution in [0.4, 0.5) is 5.69 Å². The highest BCUT2D eigenvalue weighted by Crippen LogP contribution is 2.25. The standard InChI is InChI=1S/C17H26N2S/c1-13(2)19(15-10-5-4-6-11-15)17(20)18-16-12-8-7-9-14(16)3/h4-6,10-11,13-14,16H,7-9,12H2,1-3H3,(H,18,20). The first-order valence-corrected chi connectivity index (χ1v) is 8.15. The van der Waals surface area contributed by atoms with Crippen molar-refractivity contribution in [2.45, 2.75) is 58.5 Å². The largest absolute Gasteiger partial charge is 0.359 e. The van der Waals surface area contributed by atoms with E-state index >= 15 is 0 Å². The minimum Gasteiger partial charge on any atom is -0.359 e. The molecule has 2 unspecified atom stereocenters. The Morgan fingerprint density at radius 1 is 1.20 bits per heavy atom. The van der Waals surface area contributed by atoms with E-state index in [9.17, 15) is 0 Å². The van der Waals surface area contributed by atoms with Gasteiger partial charge in [-0.25, -0.2) is 0 Å². The molecule has 0 amide bonds. The van der Waals surface area contributed by atoms with Gasteiger partial charge < -0.3 is 10.2 Å². The average molecular weight is 290 g/mol. The van der Waals surface area contributed by atoms with E-state index in [4.69, 9.17) is 12.2 Å². The molecule has 0 aliphatic heterocycles. The highest BCUT2D eigenvalue weighted by Gasteiger charge is 2.24. The minimum atomic E-state index is 0.358. The summed E-state index contributed by atoms with van der Waals surface area (Å²) in [4.78, 5) is 2.22. The Bertz CT molecular complexity index is 430. The topological polar surface area (TPSA) is 15.3 Å². The first kappa shape index (κ1) is 15.3. The maximum absolute atomic E-state index is 5.68. The molecule has 0 radical (unpaired) electrons. The summed E-state index contributed by atoms with van der Waals surface area (Å²) in [5.41, 5.74) is 1.17. The van der Waals surface area contributed by atoms with Gasteiger partial charge in [-0.05, 0) is 57.0 Å². The number of rotatable bonds is 3. The van der Waals surface area contributed by atoms with E-state index in [1.165, 1.54) is 31.4 Å². The van der Waals surface area contributed by atoms with Gasteiger partial charge in [0.25, 0.3) is 0 Å². The number of para-hydroxylation sites is 1. The number of thiocarbonyl (C=S) groups is 1. The van der Waals surface area contributed by atoms with Crippen LogP contribution in [0.5, 0.6) is 0 Å². The smallest absolute Gasteiger partial charge is 0.173 e. The van der Waals surface area contributed by atoms with Crippen LogP contribution in [0.15, 0.2) is 30.3 Å². The highest BCUT2D eigenvalue weighted by atomic mass is 32.1. The van der Waals surface area contributed by atoms with Crippen molar-refractivity contribution in [2.24, 2.45) is 5.92 Å². The SMILES string of the molecule is CC1CCCCC1NC(=S)N(c1ccccc1)C(C)C. The molecule has 1 aromatic rings. The molecule has 2 nitrogen and oxygen atoms in total. The molecule has 3 heteroatoms. The summed E-state index contributed by atoms with van der Waals surface area (Å²) in [6.07, 6.45) is 5.23. The maximum atomic E-state index is 5.68. The molecule has 1 aromatic carbocycles. The summed E-state index contributed by atoms with van der Waals surface area (Å²) in [6.45, 7) is 6.71. The molecular weight excluding hydrogens is 264 g/mol. The van der Waals surface area contributed by atoms with Crippen LogP contribution in [0.3, 0.4) is 0 Å². The Labute approximate surface area is 128 Å². The fourth-order valence-corrected chi connectivity index (χ4v) is 3.46. The number of hydrogen-bond acceptors (Lipinski definition) is 1. The normalized spacial score (nSPS) is 22.6. The fraction of sp³-hybridized carbons (Fsp3) is 0.588. The van der Waals surface area contributed by atoms with Crippen LogP contribution in [0.25, 0.3) is 0 Å². The van der Waals surface area contributed by atoms with Gasteiger partial charge in [-0.3, -0.25) is 0 Å². The number of nitrogens with one attached hydrogen (secondary N) is 1. The van der Waals surface area contributed by atoms with Crippen LogP contribution >= 0.6 is 12.2 Å². The molecule has 0 spiro atoms. The van der Waals surface area contributed by atoms with E-state index in [2.05, 4.69) is 55.3 Å². The number of benzene rings is 1. The van der Waals surface area contributed by atoms with E-state index in [1.807, 2.05) is 6.07 Å². The van der Waals surface area contributed by atoms with Gasteiger partial charge in [-0.15, -0.1) is 0 Å². The summed E-state index contributed by atoms with van der Waals surface area (Å²) < 4.78 is 0. The second kappa shape index (κ2) is 7.07. The Balaban J connectivity index is 2.08. The summed E-state index contributed by atoms with van der Waals surface area (Å²) in [5.74, 6) is 0.714. The van der Waals surface area contributed by atoms with Crippen molar-refractivity contribution in [2.75, 3.05) is 4.90 Å². The van der Waals surface area contributed by atoms with Crippen LogP contribution in [-0.4, -0.2) is 17.2 Å². The predicted octanol–water partition coefficient (Wildman–Crippen LogP) is 4.35. The van der Waals surface area contributed by atoms with Crippen molar-refractivity contribution in [3.8, 4) is 0 Å². The van der Waals surface area contributed by atoms with E-state index in [1.54, 1.807) is 0 Å². The Kier molecular flexibility index (Phi) is 5.41. The van der Waals surface area contributed by atoms with Gasteiger partial charge in [-0.2, -0.15) is 0 Å². The number of hydrogen-bond donors (Lipinski definition) is 1. The van der Waals surface area contributed by atoms with Gasteiger partial charge in [0.2, 0.25) is 0 Å². The third kappa shape index (κ3) is 3.72. The first-order chi connectivity index (χ1) is 9.59. The predicted molar refractivity (Wildman–Crippen MR) is 91.2 cm³/mol. The van der Waals surface area contributed by atoms with Crippen molar-refractivity contribution >= 4 is 23.0 Å². The monoisotopic (exact) mass is 290 g/mol. The number of anilines is 1. The van der Waals surface area contributed by atoms with E-state index in [-0.39, 0.29) is 0 Å². The van der Waals surface area contributed by atoms with Crippen LogP contribution in [0.1, 0.15) is 46.5 Å². The molecule has 2 rings (SSSR count). The molecule has 1 aliphatic rings. The van der Waals surface area contributed by atoms with E-state index in [0.29, 0.717) is 18.0 Å². The zero-order chi connectivity index (χ0) is 14.5. The van der Waals surface area contributed by atoms with Gasteiger partial charge in [0.05, 0.1) is 0 Å². The molecule has 1 fully saturated rings. The zero-order valence-electron chi connectivity index (χ0n) is 12.8. The van der Waals surface area contributed by atoms with E-state index in [0.717, 1.165) is 5.11 Å². The first-order valence-electron chi connectivity index (χ1n) is 7.74. The highest BCUT2D eigenvalue weighted by molar-refractivity contribution is 7.80. The average Bonchev–Trinajstić information content (AvgIpc) is 2.42. The van der Waals surface area contributed by atoms with E-state index < -0.39 is 0 Å². The third-order valence-electron chi connectivity index (χ3n) is 4.19. The summed E-state index contributed by atoms with van der Waals surface area (Å²) >= 11 is 5.68. The molecule has 0 bridgehead atoms. The second-order valence-electron chi connectivity index (χ2n) is 6.12. The molecule has 0 aromatic heterocycles. The summed E-state index contributed by atoms with van der Waals surface area (Å²) in [7, 11) is 0. The maximum Gasteiger partial charge on any atom is 0.173 e. The molecule has 2 atom stereocenters. The fourth-order valence-electron chi connectivity index (χ4n) is 3.00. The summed E-state index contributed by atoms with van der Waals surface area (Å²) in [6, 6.07) is 11.3. The molecule has 1 N–H and O–H groups in total. The third-order valence-corrected chi connectivity index (χ3v) is 4.50. The van der Waals surface area contributed by atoms with Crippen LogP contribution in [-0.2, 0) is 0 Å². The lowest BCUT2D eigenvalue weighted by molar-refractivity contribution is 0.308. The molecule has 1 aliphatic carbocycles. The van der Waals surface area contributed by atoms with Crippen molar-refractivity contribution in [3.05, 3.63) is 30.3 Å². The Morgan fingerprint density at radius 3 is 2.45 bits per heavy atom. The van der Waals surface area contributed by atoms with Gasteiger partial charge in [0.15, 0.2) is 5.11 Å². The van der Waals surface area contributed by atoms with Crippen molar-refractivity contribution < 1.29 is 0 Å². The van der Waals surface area contributed by atoms with Gasteiger partial charge in [0, 0.05) is 17.8 Å². The van der Waals surface area contributed by atoms with Crippen LogP contribution in [0, 0.1) is 5.92 Å². The van der Waals surface area contributed by atoms with Gasteiger partial charge >= 0.3 is 0 Å². The van der Waals surface area contributed by atoms with Gasteiger partial charge in [0.1, 0.15) is 0 Å². The lowest BCUT2D eigenvalue weighted by Crippen LogP contribution is -2.50. The molecular formula is C17H26N2S. The second-order valence-corrected chi connectivity index (χ2v) is 6.50.